The molecule has 0 fully saturated rings. The highest BCUT2D eigenvalue weighted by atomic mass is 35.5. The topological polar surface area (TPSA) is 62.4 Å². The number of hydrogen-bond acceptors (Lipinski definition) is 3. The molecule has 3 aromatic carbocycles. The Labute approximate surface area is 194 Å². The summed E-state index contributed by atoms with van der Waals surface area (Å²) in [5.41, 5.74) is 4.71. The lowest BCUT2D eigenvalue weighted by Crippen LogP contribution is -2.34. The first-order chi connectivity index (χ1) is 15.5. The predicted octanol–water partition coefficient (Wildman–Crippen LogP) is 5.86. The number of carbonyl (C=O) groups excluding carboxylic acids is 2. The van der Waals surface area contributed by atoms with Gasteiger partial charge >= 0.3 is 5.97 Å². The number of ether oxygens (including phenoxy) is 1. The molecule has 1 N–H and O–H groups in total. The number of esters is 1. The van der Waals surface area contributed by atoms with Gasteiger partial charge in [0.15, 0.2) is 0 Å². The number of hydrogen-bond donors (Lipinski definition) is 1. The number of aromatic nitrogens is 1. The molecule has 1 aromatic heterocycles. The van der Waals surface area contributed by atoms with Crippen molar-refractivity contribution in [3.8, 4) is 11.3 Å². The smallest absolute Gasteiger partial charge is 0.325 e. The van der Waals surface area contributed by atoms with Gasteiger partial charge in [-0.25, -0.2) is 0 Å². The lowest BCUT2D eigenvalue weighted by molar-refractivity contribution is -0.141. The minimum Gasteiger partial charge on any atom is -0.468 e. The molecule has 0 spiro atoms. The van der Waals surface area contributed by atoms with Gasteiger partial charge in [-0.3, -0.25) is 9.59 Å². The molecule has 5 nitrogen and oxygen atoms in total. The SMILES string of the molecule is COC(=O)CN1C(=O)c2ccccc2[C@H]1c1c(-c2ccc(Cl)cc2Cl)[nH]c2ccccc12. The molecule has 0 radical (unpaired) electrons. The van der Waals surface area contributed by atoms with E-state index < -0.39 is 12.0 Å². The van der Waals surface area contributed by atoms with Gasteiger partial charge in [0.2, 0.25) is 0 Å². The molecule has 2 heterocycles. The summed E-state index contributed by atoms with van der Waals surface area (Å²) in [7, 11) is 1.32. The zero-order valence-corrected chi connectivity index (χ0v) is 18.6. The predicted molar refractivity (Wildman–Crippen MR) is 125 cm³/mol. The lowest BCUT2D eigenvalue weighted by Gasteiger charge is -2.25. The van der Waals surface area contributed by atoms with Crippen molar-refractivity contribution in [1.29, 1.82) is 0 Å². The van der Waals surface area contributed by atoms with Crippen molar-refractivity contribution in [2.24, 2.45) is 0 Å². The van der Waals surface area contributed by atoms with Crippen molar-refractivity contribution in [2.45, 2.75) is 6.04 Å². The normalized spacial score (nSPS) is 15.3. The van der Waals surface area contributed by atoms with Gasteiger partial charge in [0.1, 0.15) is 6.54 Å². The number of rotatable bonds is 4. The second kappa shape index (κ2) is 8.01. The zero-order chi connectivity index (χ0) is 22.4. The Balaban J connectivity index is 1.80. The van der Waals surface area contributed by atoms with Gasteiger partial charge in [0.25, 0.3) is 5.91 Å². The monoisotopic (exact) mass is 464 g/mol. The Morgan fingerprint density at radius 1 is 1.03 bits per heavy atom. The molecule has 5 rings (SSSR count). The number of amides is 1. The van der Waals surface area contributed by atoms with Gasteiger partial charge in [-0.05, 0) is 35.9 Å². The summed E-state index contributed by atoms with van der Waals surface area (Å²) in [5, 5.41) is 1.96. The molecule has 1 aliphatic rings. The molecule has 32 heavy (non-hydrogen) atoms. The van der Waals surface area contributed by atoms with Gasteiger partial charge in [-0.15, -0.1) is 0 Å². The van der Waals surface area contributed by atoms with Crippen LogP contribution in [0, 0.1) is 0 Å². The summed E-state index contributed by atoms with van der Waals surface area (Å²) in [6.45, 7) is -0.165. The molecule has 0 unspecified atom stereocenters. The van der Waals surface area contributed by atoms with E-state index in [-0.39, 0.29) is 12.5 Å². The van der Waals surface area contributed by atoms with Crippen LogP contribution in [0.15, 0.2) is 66.7 Å². The average molecular weight is 465 g/mol. The van der Waals surface area contributed by atoms with Gasteiger partial charge in [-0.2, -0.15) is 0 Å². The zero-order valence-electron chi connectivity index (χ0n) is 17.1. The molecular formula is C25H18Cl2N2O3. The van der Waals surface area contributed by atoms with Gasteiger partial charge in [0, 0.05) is 32.6 Å². The first-order valence-electron chi connectivity index (χ1n) is 10.0. The van der Waals surface area contributed by atoms with Crippen LogP contribution in [0.25, 0.3) is 22.2 Å². The maximum Gasteiger partial charge on any atom is 0.325 e. The van der Waals surface area contributed by atoms with E-state index in [4.69, 9.17) is 27.9 Å². The van der Waals surface area contributed by atoms with E-state index in [9.17, 15) is 9.59 Å². The third kappa shape index (κ3) is 3.25. The van der Waals surface area contributed by atoms with E-state index in [1.54, 1.807) is 23.1 Å². The fourth-order valence-corrected chi connectivity index (χ4v) is 4.90. The summed E-state index contributed by atoms with van der Waals surface area (Å²) in [6, 6.07) is 20.1. The van der Waals surface area contributed by atoms with Crippen LogP contribution in [0.1, 0.15) is 27.5 Å². The summed E-state index contributed by atoms with van der Waals surface area (Å²) in [4.78, 5) is 30.6. The highest BCUT2D eigenvalue weighted by molar-refractivity contribution is 6.36. The maximum atomic E-state index is 13.3. The molecule has 1 amide bonds. The van der Waals surface area contributed by atoms with Crippen molar-refractivity contribution in [1.82, 2.24) is 9.88 Å². The van der Waals surface area contributed by atoms with E-state index in [2.05, 4.69) is 4.98 Å². The fraction of sp³-hybridized carbons (Fsp3) is 0.120. The summed E-state index contributed by atoms with van der Waals surface area (Å²) >= 11 is 12.7. The molecule has 1 atom stereocenters. The van der Waals surface area contributed by atoms with Crippen LogP contribution in [0.3, 0.4) is 0 Å². The van der Waals surface area contributed by atoms with Gasteiger partial charge in [0.05, 0.1) is 23.9 Å². The van der Waals surface area contributed by atoms with E-state index in [1.807, 2.05) is 48.5 Å². The summed E-state index contributed by atoms with van der Waals surface area (Å²) in [6.07, 6.45) is 0. The second-order valence-corrected chi connectivity index (χ2v) is 8.43. The third-order valence-electron chi connectivity index (χ3n) is 5.81. The first kappa shape index (κ1) is 20.6. The summed E-state index contributed by atoms with van der Waals surface area (Å²) < 4.78 is 4.88. The first-order valence-corrected chi connectivity index (χ1v) is 10.8. The number of methoxy groups -OCH3 is 1. The minimum atomic E-state index is -0.490. The third-order valence-corrected chi connectivity index (χ3v) is 6.35. The molecule has 7 heteroatoms. The van der Waals surface area contributed by atoms with Crippen LogP contribution in [0.2, 0.25) is 10.0 Å². The Morgan fingerprint density at radius 3 is 2.56 bits per heavy atom. The van der Waals surface area contributed by atoms with Crippen molar-refractivity contribution < 1.29 is 14.3 Å². The minimum absolute atomic E-state index is 0.165. The number of fused-ring (bicyclic) bond motifs is 2. The Bertz CT molecular complexity index is 1380. The second-order valence-electron chi connectivity index (χ2n) is 7.58. The quantitative estimate of drug-likeness (QED) is 0.384. The van der Waals surface area contributed by atoms with Crippen molar-refractivity contribution >= 4 is 46.0 Å². The molecule has 0 bridgehead atoms. The largest absolute Gasteiger partial charge is 0.468 e. The Morgan fingerprint density at radius 2 is 1.78 bits per heavy atom. The molecule has 1 aliphatic heterocycles. The van der Waals surface area contributed by atoms with Crippen LogP contribution < -0.4 is 0 Å². The Hall–Kier alpha value is -3.28. The molecule has 4 aromatic rings. The van der Waals surface area contributed by atoms with E-state index >= 15 is 0 Å². The number of halogens is 2. The highest BCUT2D eigenvalue weighted by Gasteiger charge is 2.41. The number of nitrogens with one attached hydrogen (secondary N) is 1. The van der Waals surface area contributed by atoms with Crippen LogP contribution in [-0.4, -0.2) is 35.4 Å². The number of para-hydroxylation sites is 1. The van der Waals surface area contributed by atoms with Crippen molar-refractivity contribution in [2.75, 3.05) is 13.7 Å². The van der Waals surface area contributed by atoms with Crippen LogP contribution in [0.5, 0.6) is 0 Å². The van der Waals surface area contributed by atoms with Crippen LogP contribution in [0.4, 0.5) is 0 Å². The summed E-state index contributed by atoms with van der Waals surface area (Å²) in [5.74, 6) is -0.698. The number of H-pyrrole nitrogens is 1. The van der Waals surface area contributed by atoms with E-state index in [0.717, 1.165) is 33.3 Å². The van der Waals surface area contributed by atoms with E-state index in [1.165, 1.54) is 7.11 Å². The maximum absolute atomic E-state index is 13.3. The molecular weight excluding hydrogens is 447 g/mol. The van der Waals surface area contributed by atoms with Gasteiger partial charge in [-0.1, -0.05) is 59.6 Å². The lowest BCUT2D eigenvalue weighted by atomic mass is 9.93. The number of nitrogens with zero attached hydrogens (tertiary/aromatic N) is 1. The number of carbonyl (C=O) groups is 2. The van der Waals surface area contributed by atoms with E-state index in [0.29, 0.717) is 15.6 Å². The van der Waals surface area contributed by atoms with Gasteiger partial charge < -0.3 is 14.6 Å². The highest BCUT2D eigenvalue weighted by Crippen LogP contribution is 2.46. The molecule has 160 valence electrons. The number of aromatic amines is 1. The standard InChI is InChI=1S/C25H18Cl2N2O3/c1-32-21(30)13-29-24(15-6-2-3-7-16(15)25(29)31)22-18-8-4-5-9-20(18)28-23(22)17-11-10-14(26)12-19(17)27/h2-12,24,28H,13H2,1H3/t24-/m0/s1. The Kier molecular flexibility index (Phi) is 5.16. The molecule has 0 aliphatic carbocycles. The van der Waals surface area contributed by atoms with Crippen molar-refractivity contribution in [3.05, 3.63) is 93.5 Å². The molecule has 0 saturated carbocycles. The van der Waals surface area contributed by atoms with Crippen LogP contribution in [-0.2, 0) is 9.53 Å². The average Bonchev–Trinajstić information content (AvgIpc) is 3.29. The number of benzene rings is 3. The molecule has 0 saturated heterocycles. The fourth-order valence-electron chi connectivity index (χ4n) is 4.40. The van der Waals surface area contributed by atoms with Crippen molar-refractivity contribution in [3.63, 3.8) is 0 Å². The van der Waals surface area contributed by atoms with Crippen LogP contribution >= 0.6 is 23.2 Å².